The number of ether oxygens (including phenoxy) is 3. The molecule has 2 heterocycles. The number of hydrogen-bond donors (Lipinski definition) is 1. The van der Waals surface area contributed by atoms with Crippen molar-refractivity contribution < 1.29 is 14.2 Å². The quantitative estimate of drug-likeness (QED) is 0.786. The van der Waals surface area contributed by atoms with Gasteiger partial charge in [0.25, 0.3) is 0 Å². The van der Waals surface area contributed by atoms with E-state index in [0.29, 0.717) is 35.3 Å². The summed E-state index contributed by atoms with van der Waals surface area (Å²) in [6, 6.07) is 8.06. The molecule has 3 rings (SSSR count). The summed E-state index contributed by atoms with van der Waals surface area (Å²) >= 11 is 0. The van der Waals surface area contributed by atoms with E-state index in [-0.39, 0.29) is 5.92 Å². The molecule has 2 aromatic rings. The van der Waals surface area contributed by atoms with E-state index in [1.807, 2.05) is 25.1 Å². The monoisotopic (exact) mass is 353 g/mol. The predicted molar refractivity (Wildman–Crippen MR) is 97.5 cm³/mol. The highest BCUT2D eigenvalue weighted by molar-refractivity contribution is 5.54. The van der Waals surface area contributed by atoms with Gasteiger partial charge in [0.05, 0.1) is 37.0 Å². The Hall–Kier alpha value is -2.94. The van der Waals surface area contributed by atoms with Crippen molar-refractivity contribution in [3.8, 4) is 23.4 Å². The molecule has 0 spiro atoms. The van der Waals surface area contributed by atoms with Crippen molar-refractivity contribution in [2.45, 2.75) is 39.5 Å². The molecule has 1 atom stereocenters. The smallest absolute Gasteiger partial charge is 0.241 e. The molecule has 0 radical (unpaired) electrons. The molecular weight excluding hydrogens is 330 g/mol. The summed E-state index contributed by atoms with van der Waals surface area (Å²) in [7, 11) is 1.62. The number of hydrogen-bond acceptors (Lipinski definition) is 5. The highest BCUT2D eigenvalue weighted by Crippen LogP contribution is 2.43. The van der Waals surface area contributed by atoms with Gasteiger partial charge in [-0.05, 0) is 38.0 Å². The van der Waals surface area contributed by atoms with E-state index in [1.165, 1.54) is 0 Å². The summed E-state index contributed by atoms with van der Waals surface area (Å²) in [5, 5.41) is 9.67. The first-order valence-electron chi connectivity index (χ1n) is 8.75. The van der Waals surface area contributed by atoms with Crippen LogP contribution in [0, 0.1) is 18.3 Å². The van der Waals surface area contributed by atoms with Crippen molar-refractivity contribution >= 4 is 0 Å². The van der Waals surface area contributed by atoms with E-state index in [2.05, 4.69) is 23.0 Å². The van der Waals surface area contributed by atoms with E-state index in [9.17, 15) is 5.26 Å². The predicted octanol–water partition coefficient (Wildman–Crippen LogP) is 4.23. The zero-order valence-corrected chi connectivity index (χ0v) is 15.5. The highest BCUT2D eigenvalue weighted by Gasteiger charge is 2.33. The molecule has 1 aromatic heterocycles. The molecule has 0 bridgehead atoms. The lowest BCUT2D eigenvalue weighted by atomic mass is 9.87. The molecular formula is C20H23N3O3. The van der Waals surface area contributed by atoms with Gasteiger partial charge in [0, 0.05) is 0 Å². The van der Waals surface area contributed by atoms with Gasteiger partial charge >= 0.3 is 0 Å². The molecule has 0 aliphatic carbocycles. The van der Waals surface area contributed by atoms with Crippen LogP contribution in [0.4, 0.5) is 0 Å². The summed E-state index contributed by atoms with van der Waals surface area (Å²) in [5.41, 5.74) is 2.27. The average Bonchev–Trinajstić information content (AvgIpc) is 3.00. The number of fused-ring (bicyclic) bond motifs is 1. The van der Waals surface area contributed by atoms with Crippen molar-refractivity contribution in [2.24, 2.45) is 0 Å². The van der Waals surface area contributed by atoms with Crippen molar-refractivity contribution in [1.82, 2.24) is 9.97 Å². The molecule has 6 heteroatoms. The topological polar surface area (TPSA) is 80.2 Å². The molecule has 0 saturated carbocycles. The number of aryl methyl sites for hydroxylation is 1. The maximum atomic E-state index is 9.67. The van der Waals surface area contributed by atoms with Crippen molar-refractivity contribution in [3.05, 3.63) is 46.6 Å². The normalized spacial score (nSPS) is 15.9. The van der Waals surface area contributed by atoms with Gasteiger partial charge in [-0.2, -0.15) is 10.2 Å². The number of nitrogens with one attached hydrogen (secondary N) is 1. The molecule has 1 aromatic carbocycles. The Morgan fingerprint density at radius 2 is 2.12 bits per heavy atom. The number of unbranched alkanes of at least 4 members (excludes halogenated alkanes) is 1. The van der Waals surface area contributed by atoms with Crippen LogP contribution in [0.25, 0.3) is 0 Å². The van der Waals surface area contributed by atoms with Crippen LogP contribution in [-0.2, 0) is 0 Å². The number of imidazole rings is 1. The SMILES string of the molecule is CCCCOc1ccc([C@H]2C(C#N)=C(C)Oc3nc(C)[nH]c32)cc1OC. The second kappa shape index (κ2) is 7.52. The lowest BCUT2D eigenvalue weighted by molar-refractivity contribution is 0.288. The lowest BCUT2D eigenvalue weighted by Gasteiger charge is -2.24. The number of aromatic amines is 1. The van der Waals surface area contributed by atoms with E-state index in [4.69, 9.17) is 14.2 Å². The molecule has 0 saturated heterocycles. The Morgan fingerprint density at radius 3 is 2.81 bits per heavy atom. The van der Waals surface area contributed by atoms with E-state index >= 15 is 0 Å². The molecule has 0 fully saturated rings. The van der Waals surface area contributed by atoms with Crippen molar-refractivity contribution in [1.29, 1.82) is 5.26 Å². The van der Waals surface area contributed by atoms with Gasteiger partial charge in [-0.25, -0.2) is 0 Å². The van der Waals surface area contributed by atoms with Crippen LogP contribution >= 0.6 is 0 Å². The highest BCUT2D eigenvalue weighted by atomic mass is 16.5. The third-order valence-corrected chi connectivity index (χ3v) is 4.42. The largest absolute Gasteiger partial charge is 0.493 e. The number of methoxy groups -OCH3 is 1. The number of nitrogens with zero attached hydrogens (tertiary/aromatic N) is 2. The standard InChI is InChI=1S/C20H23N3O3/c1-5-6-9-25-16-8-7-14(10-17(16)24-4)18-15(11-21)12(2)26-20-19(18)22-13(3)23-20/h7-8,10,18H,5-6,9H2,1-4H3,(H,22,23)/t18-/m0/s1. The molecule has 1 N–H and O–H groups in total. The Kier molecular flexibility index (Phi) is 5.17. The van der Waals surface area contributed by atoms with Crippen LogP contribution in [0.1, 0.15) is 49.7 Å². The van der Waals surface area contributed by atoms with Crippen molar-refractivity contribution in [2.75, 3.05) is 13.7 Å². The van der Waals surface area contributed by atoms with E-state index < -0.39 is 0 Å². The van der Waals surface area contributed by atoms with Gasteiger partial charge in [0.15, 0.2) is 11.5 Å². The van der Waals surface area contributed by atoms with Crippen LogP contribution in [0.2, 0.25) is 0 Å². The second-order valence-corrected chi connectivity index (χ2v) is 6.27. The minimum Gasteiger partial charge on any atom is -0.493 e. The molecule has 1 aliphatic rings. The Morgan fingerprint density at radius 1 is 1.31 bits per heavy atom. The van der Waals surface area contributed by atoms with Gasteiger partial charge in [0.1, 0.15) is 11.6 Å². The summed E-state index contributed by atoms with van der Waals surface area (Å²) in [5.74, 6) is 2.92. The van der Waals surface area contributed by atoms with Crippen LogP contribution in [-0.4, -0.2) is 23.7 Å². The van der Waals surface area contributed by atoms with Crippen LogP contribution in [0.3, 0.4) is 0 Å². The van der Waals surface area contributed by atoms with Gasteiger partial charge in [-0.15, -0.1) is 0 Å². The summed E-state index contributed by atoms with van der Waals surface area (Å²) in [6.45, 7) is 6.43. The third kappa shape index (κ3) is 3.25. The lowest BCUT2D eigenvalue weighted by Crippen LogP contribution is -2.15. The minimum absolute atomic E-state index is 0.274. The molecule has 0 unspecified atom stereocenters. The number of benzene rings is 1. The van der Waals surface area contributed by atoms with E-state index in [0.717, 1.165) is 29.9 Å². The van der Waals surface area contributed by atoms with E-state index in [1.54, 1.807) is 14.0 Å². The number of H-pyrrole nitrogens is 1. The maximum absolute atomic E-state index is 9.67. The van der Waals surface area contributed by atoms with Crippen LogP contribution in [0.15, 0.2) is 29.5 Å². The van der Waals surface area contributed by atoms with Crippen LogP contribution < -0.4 is 14.2 Å². The molecule has 6 nitrogen and oxygen atoms in total. The Balaban J connectivity index is 2.03. The fraction of sp³-hybridized carbons (Fsp3) is 0.400. The molecule has 26 heavy (non-hydrogen) atoms. The zero-order valence-electron chi connectivity index (χ0n) is 15.5. The van der Waals surface area contributed by atoms with Gasteiger partial charge in [0.2, 0.25) is 5.88 Å². The fourth-order valence-corrected chi connectivity index (χ4v) is 3.10. The number of rotatable bonds is 6. The van der Waals surface area contributed by atoms with Crippen LogP contribution in [0.5, 0.6) is 17.4 Å². The first kappa shape index (κ1) is 17.9. The summed E-state index contributed by atoms with van der Waals surface area (Å²) in [6.07, 6.45) is 2.06. The first-order chi connectivity index (χ1) is 12.6. The number of allylic oxidation sites excluding steroid dienone is 2. The number of nitriles is 1. The summed E-state index contributed by atoms with van der Waals surface area (Å²) in [4.78, 5) is 7.61. The van der Waals surface area contributed by atoms with Gasteiger partial charge in [-0.3, -0.25) is 0 Å². The third-order valence-electron chi connectivity index (χ3n) is 4.42. The van der Waals surface area contributed by atoms with Gasteiger partial charge in [-0.1, -0.05) is 19.4 Å². The average molecular weight is 353 g/mol. The van der Waals surface area contributed by atoms with Crippen molar-refractivity contribution in [3.63, 3.8) is 0 Å². The first-order valence-corrected chi connectivity index (χ1v) is 8.75. The molecule has 1 aliphatic heterocycles. The number of aromatic nitrogens is 2. The second-order valence-electron chi connectivity index (χ2n) is 6.27. The maximum Gasteiger partial charge on any atom is 0.241 e. The minimum atomic E-state index is -0.274. The Labute approximate surface area is 153 Å². The Bertz CT molecular complexity index is 877. The zero-order chi connectivity index (χ0) is 18.7. The molecule has 136 valence electrons. The fourth-order valence-electron chi connectivity index (χ4n) is 3.10. The van der Waals surface area contributed by atoms with Gasteiger partial charge < -0.3 is 19.2 Å². The molecule has 0 amide bonds. The summed E-state index contributed by atoms with van der Waals surface area (Å²) < 4.78 is 17.0.